The molecule has 0 saturated heterocycles. The molecule has 8 aromatic carbocycles. The number of phenolic OH excluding ortho intramolecular Hbond substituents is 1. The topological polar surface area (TPSA) is 685 Å². The van der Waals surface area contributed by atoms with Gasteiger partial charge in [0.1, 0.15) is 43.5 Å². The zero-order valence-corrected chi connectivity index (χ0v) is 87.7. The van der Waals surface area contributed by atoms with E-state index in [1.54, 1.807) is 59.0 Å². The third-order valence-electron chi connectivity index (χ3n) is 15.3. The molecule has 45 nitrogen and oxygen atoms in total. The van der Waals surface area contributed by atoms with Crippen LogP contribution in [0.1, 0.15) is 104 Å². The standard InChI is InChI=1S/C19H12F2I3NO11S.C19H13F2I2NO12S.C16H8F2I3NO9S.C16H10F2INO9S/c20-19(21,37(31,32)33)8-36-17(27)12-7-10(25(29)30)1-2-11(12)16(26)34-3-4-35-18(28)13-5-9(22)6-14(23)15(13)24;20-19(21,37(31,32)33)8-36-17(27)12-7-10(24(29)30)1-2-11(12)16(26)34-3-4-35-18(28)13-5-9(22)6-14(23)15(13)25;17-16(18,32(27,28)29)6-30-14(23)10-5-8(22(25)26)1-2-9(10)15(24)31-13-11(20)3-7(19)4-12(13)21;17-16(18,30(25,26)27)8-28-14(21)13-7-10(20(23)24)3-6-12(13)15(22)29-11-4-1-9(19)2-5-11/h1-2,5-7H,3-4,8H2,(H,31,32,33);1-2,5-7,25H,3-4,8H2,(H,31,32,33);1-5H,6H2,(H,27,28,29);1-7H,8H2,(H,25,26,27)/p-4. The normalized spacial score (nSPS) is 11.6. The van der Waals surface area contributed by atoms with Crippen molar-refractivity contribution in [3.05, 3.63) is 262 Å². The smallest absolute Gasteiger partial charge is 0.367 e. The van der Waals surface area contributed by atoms with Crippen LogP contribution in [0.2, 0.25) is 0 Å². The van der Waals surface area contributed by atoms with Gasteiger partial charge in [-0.25, -0.2) is 81.6 Å². The van der Waals surface area contributed by atoms with Crippen LogP contribution in [0.3, 0.4) is 0 Å². The summed E-state index contributed by atoms with van der Waals surface area (Å²) in [4.78, 5) is 163. The van der Waals surface area contributed by atoms with Crippen molar-refractivity contribution in [1.29, 1.82) is 0 Å². The number of non-ortho nitro benzene ring substituents is 4. The fraction of sp³-hybridized carbons (Fsp3) is 0.171. The Morgan fingerprint density at radius 2 is 0.522 bits per heavy atom. The van der Waals surface area contributed by atoms with Crippen molar-refractivity contribution in [2.75, 3.05) is 52.9 Å². The van der Waals surface area contributed by atoms with Crippen molar-refractivity contribution >= 4 is 326 Å². The lowest BCUT2D eigenvalue weighted by atomic mass is 10.1. The van der Waals surface area contributed by atoms with Crippen molar-refractivity contribution in [3.8, 4) is 17.2 Å². The molecule has 0 heterocycles. The van der Waals surface area contributed by atoms with Gasteiger partial charge in [0, 0.05) is 70.0 Å². The Morgan fingerprint density at radius 1 is 0.287 bits per heavy atom. The fourth-order valence-electron chi connectivity index (χ4n) is 8.88. The van der Waals surface area contributed by atoms with Crippen molar-refractivity contribution in [2.45, 2.75) is 21.0 Å². The van der Waals surface area contributed by atoms with Gasteiger partial charge in [0.05, 0.1) is 80.5 Å². The summed E-state index contributed by atoms with van der Waals surface area (Å²) in [7, 11) is -24.7. The average Bonchev–Trinajstić information content (AvgIpc) is 0.807. The molecule has 0 bridgehead atoms. The first-order chi connectivity index (χ1) is 62.5. The number of alkyl halides is 8. The number of aromatic hydroxyl groups is 1. The largest absolute Gasteiger partial charge is 0.743 e. The Bertz CT molecular complexity index is 6390. The quantitative estimate of drug-likeness (QED) is 0.00374. The van der Waals surface area contributed by atoms with E-state index in [0.717, 1.165) is 62.8 Å². The number of ether oxygens (including phenoxy) is 10. The van der Waals surface area contributed by atoms with Gasteiger partial charge in [0.2, 0.25) is 0 Å². The highest BCUT2D eigenvalue weighted by atomic mass is 127. The van der Waals surface area contributed by atoms with Crippen molar-refractivity contribution < 1.29 is 207 Å². The van der Waals surface area contributed by atoms with Gasteiger partial charge in [-0.1, -0.05) is 0 Å². The first-order valence-electron chi connectivity index (χ1n) is 34.1. The predicted molar refractivity (Wildman–Crippen MR) is 505 cm³/mol. The highest BCUT2D eigenvalue weighted by molar-refractivity contribution is 14.1. The second-order valence-electron chi connectivity index (χ2n) is 24.6. The summed E-state index contributed by atoms with van der Waals surface area (Å²) in [6, 6.07) is 24.5. The second kappa shape index (κ2) is 50.1. The highest BCUT2D eigenvalue weighted by Crippen LogP contribution is 2.35. The predicted octanol–water partition coefficient (Wildman–Crippen LogP) is 13.2. The highest BCUT2D eigenvalue weighted by Gasteiger charge is 2.44. The number of hydrogen-bond donors (Lipinski definition) is 1. The number of benzene rings is 8. The molecule has 0 unspecified atom stereocenters. The van der Waals surface area contributed by atoms with E-state index < -0.39 is 261 Å². The number of nitro benzene ring substituents is 4. The zero-order valence-electron chi connectivity index (χ0n) is 65.0. The number of rotatable bonds is 34. The molecular weight excluding hydrogens is 2980 g/mol. The lowest BCUT2D eigenvalue weighted by Crippen LogP contribution is -2.35. The molecule has 0 saturated carbocycles. The molecule has 8 rings (SSSR count). The van der Waals surface area contributed by atoms with Gasteiger partial charge in [-0.2, -0.15) is 35.1 Å². The molecule has 0 aliphatic rings. The van der Waals surface area contributed by atoms with Gasteiger partial charge >= 0.3 is 80.7 Å². The van der Waals surface area contributed by atoms with Gasteiger partial charge in [-0.15, -0.1) is 0 Å². The van der Waals surface area contributed by atoms with Crippen LogP contribution in [0.5, 0.6) is 17.2 Å². The Balaban J connectivity index is 0.000000321. The SMILES string of the molecule is O=C(OCC(F)(F)S(=O)(=O)[O-])c1cc([N+](=O)[O-])ccc1C(=O)Oc1c(I)cc(I)cc1I.O=C(OCC(F)(F)S(=O)(=O)[O-])c1cc([N+](=O)[O-])ccc1C(=O)Oc1ccc(I)cc1.O=C(OCCOC(=O)c1cc(I)cc(I)c1I)c1ccc([N+](=O)[O-])cc1C(=O)OCC(F)(F)S(=O)(=O)[O-].O=C(OCCOC(=O)c1cc(I)cc(I)c1O)c1ccc([N+](=O)[O-])cc1C(=O)OCC(F)(F)S(=O)(=O)[O-]. The Hall–Kier alpha value is -8.49. The lowest BCUT2D eigenvalue weighted by Gasteiger charge is -2.19. The number of halogens is 17. The van der Waals surface area contributed by atoms with E-state index in [9.17, 15) is 181 Å². The van der Waals surface area contributed by atoms with Crippen LogP contribution in [-0.4, -0.2) is 210 Å². The molecule has 0 atom stereocenters. The van der Waals surface area contributed by atoms with Gasteiger partial charge in [-0.05, 0) is 288 Å². The average molecular weight is 3010 g/mol. The molecule has 1 N–H and O–H groups in total. The number of hydrogen-bond acceptors (Lipinski definition) is 41. The summed E-state index contributed by atoms with van der Waals surface area (Å²) in [5, 5.41) is 34.0. The van der Waals surface area contributed by atoms with E-state index in [2.05, 4.69) is 18.9 Å². The summed E-state index contributed by atoms with van der Waals surface area (Å²) in [6.45, 7) is -10.7. The molecule has 732 valence electrons. The van der Waals surface area contributed by atoms with E-state index in [-0.39, 0.29) is 28.4 Å². The van der Waals surface area contributed by atoms with Crippen molar-refractivity contribution in [1.82, 2.24) is 0 Å². The maximum absolute atomic E-state index is 13.3. The van der Waals surface area contributed by atoms with E-state index in [1.807, 2.05) is 187 Å². The fourth-order valence-corrected chi connectivity index (χ4v) is 18.1. The van der Waals surface area contributed by atoms with Crippen LogP contribution in [0, 0.1) is 72.6 Å². The maximum Gasteiger partial charge on any atom is 0.367 e. The number of nitrogens with zero attached hydrogens (tertiary/aromatic N) is 4. The van der Waals surface area contributed by atoms with Gasteiger partial charge in [-0.3, -0.25) is 40.5 Å². The van der Waals surface area contributed by atoms with Gasteiger partial charge in [0.25, 0.3) is 22.7 Å². The van der Waals surface area contributed by atoms with Crippen LogP contribution >= 0.6 is 203 Å². The molecule has 8 aromatic rings. The molecule has 0 amide bonds. The molecule has 0 fully saturated rings. The molecule has 0 radical (unpaired) electrons. The summed E-state index contributed by atoms with van der Waals surface area (Å²) in [5.74, 6) is -13.6. The number of carbonyl (C=O) groups excluding carboxylic acids is 10. The third kappa shape index (κ3) is 33.9. The first-order valence-corrected chi connectivity index (χ1v) is 49.4. The summed E-state index contributed by atoms with van der Waals surface area (Å²) >= 11 is 17.5. The van der Waals surface area contributed by atoms with E-state index in [1.165, 1.54) is 18.2 Å². The minimum atomic E-state index is -6.20. The Kier molecular flexibility index (Phi) is 43.4. The van der Waals surface area contributed by atoms with Crippen LogP contribution in [0.25, 0.3) is 0 Å². The number of esters is 10. The van der Waals surface area contributed by atoms with Gasteiger partial charge in [0.15, 0.2) is 72.6 Å². The molecule has 0 spiro atoms. The summed E-state index contributed by atoms with van der Waals surface area (Å²) < 4.78 is 285. The first kappa shape index (κ1) is 118. The van der Waals surface area contributed by atoms with E-state index in [0.29, 0.717) is 42.1 Å². The zero-order chi connectivity index (χ0) is 103. The molecule has 0 aliphatic heterocycles. The summed E-state index contributed by atoms with van der Waals surface area (Å²) in [6.07, 6.45) is 0. The van der Waals surface area contributed by atoms with Gasteiger partial charge < -0.3 is 70.7 Å². The second-order valence-corrected chi connectivity index (χ2v) is 41.4. The van der Waals surface area contributed by atoms with Crippen LogP contribution in [0.4, 0.5) is 57.9 Å². The van der Waals surface area contributed by atoms with Crippen LogP contribution < -0.4 is 9.47 Å². The Morgan fingerprint density at radius 3 is 0.809 bits per heavy atom. The number of phenols is 1. The van der Waals surface area contributed by atoms with E-state index in [4.69, 9.17) is 28.4 Å². The van der Waals surface area contributed by atoms with Crippen LogP contribution in [0.15, 0.2) is 133 Å². The molecule has 0 aliphatic carbocycles. The lowest BCUT2D eigenvalue weighted by molar-refractivity contribution is -0.385. The van der Waals surface area contributed by atoms with Crippen molar-refractivity contribution in [3.63, 3.8) is 0 Å². The molecular formula is C70H39F8I9N4O41S4-4. The minimum Gasteiger partial charge on any atom is -0.743 e. The molecule has 136 heavy (non-hydrogen) atoms. The summed E-state index contributed by atoms with van der Waals surface area (Å²) in [5.41, 5.74) is -8.74. The third-order valence-corrected chi connectivity index (χ3v) is 26.8. The number of carbonyl (C=O) groups is 10. The maximum atomic E-state index is 13.3. The molecule has 66 heteroatoms. The van der Waals surface area contributed by atoms with E-state index >= 15 is 0 Å². The number of nitro groups is 4. The monoisotopic (exact) mass is 3010 g/mol. The molecule has 0 aromatic heterocycles. The Labute approximate surface area is 875 Å². The van der Waals surface area contributed by atoms with Crippen LogP contribution in [-0.2, 0) is 78.4 Å². The minimum absolute atomic E-state index is 0.0575. The van der Waals surface area contributed by atoms with Crippen molar-refractivity contribution in [2.24, 2.45) is 0 Å².